The fourth-order valence-corrected chi connectivity index (χ4v) is 4.19. The van der Waals surface area contributed by atoms with Gasteiger partial charge in [0.25, 0.3) is 0 Å². The standard InChI is InChI=1S/C17H14BrNOS/c18-16-6-3-7-17(19)15(16)11-21(20)14-9-8-12-4-1-2-5-13(12)10-14/h1-10H,11,19H2. The van der Waals surface area contributed by atoms with Crippen molar-refractivity contribution in [3.8, 4) is 0 Å². The van der Waals surface area contributed by atoms with E-state index in [-0.39, 0.29) is 0 Å². The van der Waals surface area contributed by atoms with Crippen molar-refractivity contribution >= 4 is 43.2 Å². The van der Waals surface area contributed by atoms with Gasteiger partial charge in [0.15, 0.2) is 0 Å². The summed E-state index contributed by atoms with van der Waals surface area (Å²) in [5.74, 6) is 0.408. The summed E-state index contributed by atoms with van der Waals surface area (Å²) in [6, 6.07) is 19.6. The summed E-state index contributed by atoms with van der Waals surface area (Å²) in [4.78, 5) is 0.823. The smallest absolute Gasteiger partial charge is 0.0575 e. The Balaban J connectivity index is 1.94. The number of benzene rings is 3. The Bertz CT molecular complexity index is 812. The summed E-state index contributed by atoms with van der Waals surface area (Å²) in [7, 11) is -1.12. The van der Waals surface area contributed by atoms with Gasteiger partial charge < -0.3 is 5.73 Å². The molecule has 106 valence electrons. The molecule has 0 saturated heterocycles. The number of fused-ring (bicyclic) bond motifs is 1. The summed E-state index contributed by atoms with van der Waals surface area (Å²) in [6.07, 6.45) is 0. The van der Waals surface area contributed by atoms with E-state index in [1.807, 2.05) is 60.7 Å². The van der Waals surface area contributed by atoms with Gasteiger partial charge in [0.1, 0.15) is 0 Å². The molecule has 21 heavy (non-hydrogen) atoms. The van der Waals surface area contributed by atoms with Gasteiger partial charge in [0.05, 0.1) is 16.6 Å². The Labute approximate surface area is 134 Å². The maximum absolute atomic E-state index is 12.6. The van der Waals surface area contributed by atoms with Crippen LogP contribution in [-0.4, -0.2) is 4.21 Å². The van der Waals surface area contributed by atoms with Crippen LogP contribution in [0.5, 0.6) is 0 Å². The summed E-state index contributed by atoms with van der Waals surface area (Å²) in [6.45, 7) is 0. The van der Waals surface area contributed by atoms with Gasteiger partial charge in [-0.1, -0.05) is 52.3 Å². The average Bonchev–Trinajstić information content (AvgIpc) is 2.50. The third-order valence-electron chi connectivity index (χ3n) is 3.41. The second-order valence-electron chi connectivity index (χ2n) is 4.81. The first-order chi connectivity index (χ1) is 10.1. The number of rotatable bonds is 3. The third-order valence-corrected chi connectivity index (χ3v) is 5.49. The van der Waals surface area contributed by atoms with Crippen molar-refractivity contribution in [3.05, 3.63) is 70.7 Å². The Morgan fingerprint density at radius 3 is 2.48 bits per heavy atom. The molecule has 1 atom stereocenters. The van der Waals surface area contributed by atoms with Gasteiger partial charge in [-0.05, 0) is 35.0 Å². The lowest BCUT2D eigenvalue weighted by Gasteiger charge is -2.09. The van der Waals surface area contributed by atoms with E-state index in [1.54, 1.807) is 0 Å². The quantitative estimate of drug-likeness (QED) is 0.700. The molecule has 2 N–H and O–H groups in total. The van der Waals surface area contributed by atoms with Gasteiger partial charge in [-0.15, -0.1) is 0 Å². The molecular formula is C17H14BrNOS. The molecule has 3 rings (SSSR count). The van der Waals surface area contributed by atoms with Crippen molar-refractivity contribution in [1.82, 2.24) is 0 Å². The van der Waals surface area contributed by atoms with Crippen LogP contribution in [0.3, 0.4) is 0 Å². The zero-order valence-electron chi connectivity index (χ0n) is 11.3. The van der Waals surface area contributed by atoms with Crippen LogP contribution in [0, 0.1) is 0 Å². The first-order valence-electron chi connectivity index (χ1n) is 6.55. The number of nitrogens with two attached hydrogens (primary N) is 1. The molecule has 0 bridgehead atoms. The monoisotopic (exact) mass is 359 g/mol. The molecule has 1 unspecified atom stereocenters. The lowest BCUT2D eigenvalue weighted by atomic mass is 10.1. The van der Waals surface area contributed by atoms with Gasteiger partial charge in [0, 0.05) is 20.6 Å². The van der Waals surface area contributed by atoms with Gasteiger partial charge in [0.2, 0.25) is 0 Å². The summed E-state index contributed by atoms with van der Waals surface area (Å²) < 4.78 is 13.5. The van der Waals surface area contributed by atoms with Crippen molar-refractivity contribution < 1.29 is 4.21 Å². The minimum atomic E-state index is -1.12. The number of hydrogen-bond donors (Lipinski definition) is 1. The molecule has 0 heterocycles. The largest absolute Gasteiger partial charge is 0.398 e. The normalized spacial score (nSPS) is 12.4. The maximum Gasteiger partial charge on any atom is 0.0575 e. The Hall–Kier alpha value is -1.65. The van der Waals surface area contributed by atoms with E-state index in [0.29, 0.717) is 11.4 Å². The molecule has 0 aliphatic carbocycles. The van der Waals surface area contributed by atoms with Crippen molar-refractivity contribution in [2.45, 2.75) is 10.6 Å². The van der Waals surface area contributed by atoms with Gasteiger partial charge in [-0.3, -0.25) is 4.21 Å². The average molecular weight is 360 g/mol. The van der Waals surface area contributed by atoms with Crippen LogP contribution in [0.15, 0.2) is 70.0 Å². The molecule has 3 aromatic carbocycles. The molecule has 4 heteroatoms. The maximum atomic E-state index is 12.6. The van der Waals surface area contributed by atoms with Crippen LogP contribution < -0.4 is 5.73 Å². The summed E-state index contributed by atoms with van der Waals surface area (Å²) in [5, 5.41) is 2.25. The highest BCUT2D eigenvalue weighted by Gasteiger charge is 2.11. The predicted molar refractivity (Wildman–Crippen MR) is 92.6 cm³/mol. The van der Waals surface area contributed by atoms with Crippen LogP contribution in [-0.2, 0) is 16.6 Å². The second kappa shape index (κ2) is 6.00. The Kier molecular flexibility index (Phi) is 4.08. The minimum absolute atomic E-state index is 0.408. The van der Waals surface area contributed by atoms with E-state index in [2.05, 4.69) is 15.9 Å². The topological polar surface area (TPSA) is 43.1 Å². The second-order valence-corrected chi connectivity index (χ2v) is 7.11. The lowest BCUT2D eigenvalue weighted by molar-refractivity contribution is 0.682. The molecule has 0 aliphatic heterocycles. The first-order valence-corrected chi connectivity index (χ1v) is 8.66. The zero-order chi connectivity index (χ0) is 14.8. The van der Waals surface area contributed by atoms with E-state index in [0.717, 1.165) is 25.7 Å². The van der Waals surface area contributed by atoms with E-state index < -0.39 is 10.8 Å². The molecule has 3 aromatic rings. The molecule has 0 aliphatic rings. The molecule has 2 nitrogen and oxygen atoms in total. The summed E-state index contributed by atoms with van der Waals surface area (Å²) in [5.41, 5.74) is 7.53. The van der Waals surface area contributed by atoms with Crippen LogP contribution >= 0.6 is 15.9 Å². The lowest BCUT2D eigenvalue weighted by Crippen LogP contribution is -2.01. The fourth-order valence-electron chi connectivity index (χ4n) is 2.25. The highest BCUT2D eigenvalue weighted by atomic mass is 79.9. The molecule has 0 aromatic heterocycles. The highest BCUT2D eigenvalue weighted by molar-refractivity contribution is 9.10. The van der Waals surface area contributed by atoms with E-state index >= 15 is 0 Å². The number of nitrogen functional groups attached to an aromatic ring is 1. The first kappa shape index (κ1) is 14.3. The molecule has 0 spiro atoms. The van der Waals surface area contributed by atoms with Crippen LogP contribution in [0.25, 0.3) is 10.8 Å². The molecule has 0 saturated carbocycles. The van der Waals surface area contributed by atoms with Crippen molar-refractivity contribution in [2.24, 2.45) is 0 Å². The predicted octanol–water partition coefficient (Wildman–Crippen LogP) is 4.49. The van der Waals surface area contributed by atoms with Crippen molar-refractivity contribution in [1.29, 1.82) is 0 Å². The number of anilines is 1. The minimum Gasteiger partial charge on any atom is -0.398 e. The number of halogens is 1. The van der Waals surface area contributed by atoms with Crippen molar-refractivity contribution in [2.75, 3.05) is 5.73 Å². The fraction of sp³-hybridized carbons (Fsp3) is 0.0588. The van der Waals surface area contributed by atoms with Crippen LogP contribution in [0.2, 0.25) is 0 Å². The summed E-state index contributed by atoms with van der Waals surface area (Å²) >= 11 is 3.47. The van der Waals surface area contributed by atoms with Crippen molar-refractivity contribution in [3.63, 3.8) is 0 Å². The Morgan fingerprint density at radius 1 is 0.952 bits per heavy atom. The third kappa shape index (κ3) is 3.01. The van der Waals surface area contributed by atoms with E-state index in [9.17, 15) is 4.21 Å². The van der Waals surface area contributed by atoms with Gasteiger partial charge in [-0.2, -0.15) is 0 Å². The van der Waals surface area contributed by atoms with Gasteiger partial charge >= 0.3 is 0 Å². The zero-order valence-corrected chi connectivity index (χ0v) is 13.7. The highest BCUT2D eigenvalue weighted by Crippen LogP contribution is 2.26. The molecule has 0 fully saturated rings. The molecular weight excluding hydrogens is 346 g/mol. The van der Waals surface area contributed by atoms with Crippen LogP contribution in [0.4, 0.5) is 5.69 Å². The van der Waals surface area contributed by atoms with E-state index in [4.69, 9.17) is 5.73 Å². The SMILES string of the molecule is Nc1cccc(Br)c1CS(=O)c1ccc2ccccc2c1. The number of hydrogen-bond acceptors (Lipinski definition) is 2. The molecule has 0 amide bonds. The Morgan fingerprint density at radius 2 is 1.71 bits per heavy atom. The molecule has 0 radical (unpaired) electrons. The van der Waals surface area contributed by atoms with Gasteiger partial charge in [-0.25, -0.2) is 0 Å². The van der Waals surface area contributed by atoms with Crippen LogP contribution in [0.1, 0.15) is 5.56 Å². The van der Waals surface area contributed by atoms with E-state index in [1.165, 1.54) is 0 Å².